The van der Waals surface area contributed by atoms with Crippen molar-refractivity contribution >= 4 is 11.7 Å². The predicted molar refractivity (Wildman–Crippen MR) is 106 cm³/mol. The molecule has 0 saturated carbocycles. The minimum atomic E-state index is -0.694. The number of carbonyl (C=O) groups excluding carboxylic acids is 2. The first-order valence-electron chi connectivity index (χ1n) is 9.90. The van der Waals surface area contributed by atoms with Crippen molar-refractivity contribution in [2.45, 2.75) is 44.8 Å². The molecule has 1 aliphatic rings. The van der Waals surface area contributed by atoms with Gasteiger partial charge in [-0.25, -0.2) is 4.98 Å². The van der Waals surface area contributed by atoms with Gasteiger partial charge in [-0.1, -0.05) is 29.4 Å². The van der Waals surface area contributed by atoms with E-state index in [-0.39, 0.29) is 31.1 Å². The van der Waals surface area contributed by atoms with Gasteiger partial charge in [0.15, 0.2) is 17.9 Å². The summed E-state index contributed by atoms with van der Waals surface area (Å²) in [5, 5.41) is 13.8. The van der Waals surface area contributed by atoms with Gasteiger partial charge in [-0.15, -0.1) is 0 Å². The number of hydrogen-bond donors (Lipinski definition) is 1. The van der Waals surface area contributed by atoms with Gasteiger partial charge in [0.2, 0.25) is 5.91 Å². The Morgan fingerprint density at radius 1 is 1.27 bits per heavy atom. The molecule has 30 heavy (non-hydrogen) atoms. The van der Waals surface area contributed by atoms with Crippen LogP contribution in [0.15, 0.2) is 51.9 Å². The highest BCUT2D eigenvalue weighted by Gasteiger charge is 2.38. The molecular weight excluding hydrogens is 386 g/mol. The lowest BCUT2D eigenvalue weighted by Gasteiger charge is -2.23. The highest BCUT2D eigenvalue weighted by atomic mass is 16.5. The zero-order chi connectivity index (χ0) is 21.1. The molecule has 2 aromatic heterocycles. The average molecular weight is 409 g/mol. The summed E-state index contributed by atoms with van der Waals surface area (Å²) >= 11 is 0. The Morgan fingerprint density at radius 2 is 2.07 bits per heavy atom. The molecule has 156 valence electrons. The van der Waals surface area contributed by atoms with Crippen LogP contribution < -0.4 is 0 Å². The Labute approximate surface area is 173 Å². The van der Waals surface area contributed by atoms with E-state index in [0.29, 0.717) is 30.1 Å². The van der Waals surface area contributed by atoms with Gasteiger partial charge in [0.25, 0.3) is 0 Å². The molecule has 4 rings (SSSR count). The van der Waals surface area contributed by atoms with E-state index in [1.165, 1.54) is 11.3 Å². The Bertz CT molecular complexity index is 1010. The van der Waals surface area contributed by atoms with Crippen LogP contribution in [-0.2, 0) is 22.4 Å². The first-order valence-corrected chi connectivity index (χ1v) is 9.90. The first kappa shape index (κ1) is 20.0. The van der Waals surface area contributed by atoms with Crippen molar-refractivity contribution in [1.29, 1.82) is 0 Å². The average Bonchev–Trinajstić information content (AvgIpc) is 3.48. The molecule has 8 heteroatoms. The number of ketones is 1. The number of nitrogens with zero attached hydrogens (tertiary/aromatic N) is 3. The first-order chi connectivity index (χ1) is 14.5. The van der Waals surface area contributed by atoms with Crippen LogP contribution in [0.25, 0.3) is 11.3 Å². The van der Waals surface area contributed by atoms with Crippen LogP contribution in [0.2, 0.25) is 0 Å². The molecule has 1 aliphatic heterocycles. The van der Waals surface area contributed by atoms with Gasteiger partial charge >= 0.3 is 0 Å². The van der Waals surface area contributed by atoms with Gasteiger partial charge in [0.05, 0.1) is 30.5 Å². The number of aliphatic hydroxyl groups is 1. The number of rotatable bonds is 7. The van der Waals surface area contributed by atoms with Crippen LogP contribution in [-0.4, -0.2) is 50.5 Å². The second-order valence-corrected chi connectivity index (χ2v) is 7.59. The number of likely N-dealkylation sites (tertiary alicyclic amines) is 1. The van der Waals surface area contributed by atoms with Gasteiger partial charge in [-0.2, -0.15) is 0 Å². The summed E-state index contributed by atoms with van der Waals surface area (Å²) < 4.78 is 10.4. The molecule has 1 N–H and O–H groups in total. The predicted octanol–water partition coefficient (Wildman–Crippen LogP) is 2.34. The maximum atomic E-state index is 12.8. The molecule has 2 atom stereocenters. The third-order valence-electron chi connectivity index (χ3n) is 5.30. The van der Waals surface area contributed by atoms with Gasteiger partial charge in [-0.3, -0.25) is 9.59 Å². The van der Waals surface area contributed by atoms with Crippen LogP contribution in [0, 0.1) is 6.92 Å². The molecule has 1 saturated heterocycles. The molecule has 0 radical (unpaired) electrons. The fourth-order valence-corrected chi connectivity index (χ4v) is 3.77. The van der Waals surface area contributed by atoms with E-state index in [2.05, 4.69) is 10.1 Å². The zero-order valence-corrected chi connectivity index (χ0v) is 16.7. The maximum absolute atomic E-state index is 12.8. The molecule has 3 aromatic rings. The molecule has 0 bridgehead atoms. The summed E-state index contributed by atoms with van der Waals surface area (Å²) in [5.74, 6) is 0.857. The molecule has 1 fully saturated rings. The van der Waals surface area contributed by atoms with Crippen LogP contribution in [0.1, 0.15) is 29.9 Å². The molecule has 0 unspecified atom stereocenters. The SMILES string of the molecule is Cc1cc(CC(=O)N2C[C@H](O)C[C@H]2C(=O)CCc2ccc(-c3cnco3)cc2)on1. The molecule has 1 amide bonds. The number of oxazole rings is 1. The van der Waals surface area contributed by atoms with Crippen molar-refractivity contribution in [3.8, 4) is 11.3 Å². The summed E-state index contributed by atoms with van der Waals surface area (Å²) in [6, 6.07) is 8.84. The quantitative estimate of drug-likeness (QED) is 0.638. The molecule has 0 aliphatic carbocycles. The number of aromatic nitrogens is 2. The number of aliphatic hydroxyl groups excluding tert-OH is 1. The molecule has 1 aromatic carbocycles. The second kappa shape index (κ2) is 8.62. The van der Waals surface area contributed by atoms with E-state index in [0.717, 1.165) is 11.1 Å². The molecule has 8 nitrogen and oxygen atoms in total. The van der Waals surface area contributed by atoms with Crippen molar-refractivity contribution in [3.63, 3.8) is 0 Å². The van der Waals surface area contributed by atoms with E-state index >= 15 is 0 Å². The van der Waals surface area contributed by atoms with Gasteiger partial charge in [0, 0.05) is 31.0 Å². The topological polar surface area (TPSA) is 110 Å². The van der Waals surface area contributed by atoms with Gasteiger partial charge < -0.3 is 18.9 Å². The van der Waals surface area contributed by atoms with Crippen molar-refractivity contribution in [1.82, 2.24) is 15.0 Å². The smallest absolute Gasteiger partial charge is 0.231 e. The summed E-state index contributed by atoms with van der Waals surface area (Å²) in [7, 11) is 0. The Hall–Kier alpha value is -3.26. The second-order valence-electron chi connectivity index (χ2n) is 7.59. The lowest BCUT2D eigenvalue weighted by atomic mass is 10.00. The fraction of sp³-hybridized carbons (Fsp3) is 0.364. The van der Waals surface area contributed by atoms with Crippen LogP contribution in [0.5, 0.6) is 0 Å². The molecule has 3 heterocycles. The Kier molecular flexibility index (Phi) is 5.76. The fourth-order valence-electron chi connectivity index (χ4n) is 3.77. The standard InChI is InChI=1S/C22H23N3O5/c1-14-8-18(30-24-14)10-22(28)25-12-17(26)9-19(25)20(27)7-4-15-2-5-16(6-3-15)21-11-23-13-29-21/h2-3,5-6,8,11,13,17,19,26H,4,7,9-10,12H2,1H3/t17-,19+/m1/s1. The summed E-state index contributed by atoms with van der Waals surface area (Å²) in [6.45, 7) is 1.94. The highest BCUT2D eigenvalue weighted by Crippen LogP contribution is 2.23. The number of β-amino-alcohol motifs (C(OH)–C–C–N with tert-alkyl or cyclic N) is 1. The number of benzene rings is 1. The van der Waals surface area contributed by atoms with E-state index in [1.807, 2.05) is 24.3 Å². The highest BCUT2D eigenvalue weighted by molar-refractivity contribution is 5.90. The monoisotopic (exact) mass is 409 g/mol. The number of carbonyl (C=O) groups is 2. The van der Waals surface area contributed by atoms with E-state index in [9.17, 15) is 14.7 Å². The molecule has 0 spiro atoms. The van der Waals surface area contributed by atoms with Crippen molar-refractivity contribution in [2.24, 2.45) is 0 Å². The Balaban J connectivity index is 1.36. The maximum Gasteiger partial charge on any atom is 0.231 e. The van der Waals surface area contributed by atoms with Gasteiger partial charge in [-0.05, 0) is 18.9 Å². The van der Waals surface area contributed by atoms with Crippen LogP contribution in [0.4, 0.5) is 0 Å². The Morgan fingerprint density at radius 3 is 2.73 bits per heavy atom. The lowest BCUT2D eigenvalue weighted by Crippen LogP contribution is -2.41. The summed E-state index contributed by atoms with van der Waals surface area (Å²) in [6.07, 6.45) is 3.49. The minimum absolute atomic E-state index is 0.0282. The molecular formula is C22H23N3O5. The van der Waals surface area contributed by atoms with E-state index < -0.39 is 12.1 Å². The summed E-state index contributed by atoms with van der Waals surface area (Å²) in [4.78, 5) is 30.9. The minimum Gasteiger partial charge on any atom is -0.444 e. The van der Waals surface area contributed by atoms with Crippen molar-refractivity contribution in [3.05, 3.63) is 59.9 Å². The van der Waals surface area contributed by atoms with Crippen LogP contribution in [0.3, 0.4) is 0 Å². The van der Waals surface area contributed by atoms with Gasteiger partial charge in [0.1, 0.15) is 5.76 Å². The third-order valence-corrected chi connectivity index (χ3v) is 5.30. The van der Waals surface area contributed by atoms with Crippen LogP contribution >= 0.6 is 0 Å². The van der Waals surface area contributed by atoms with Crippen molar-refractivity contribution in [2.75, 3.05) is 6.54 Å². The third kappa shape index (κ3) is 4.49. The zero-order valence-electron chi connectivity index (χ0n) is 16.7. The lowest BCUT2D eigenvalue weighted by molar-refractivity contribution is -0.137. The number of hydrogen-bond acceptors (Lipinski definition) is 7. The van der Waals surface area contributed by atoms with Crippen molar-refractivity contribution < 1.29 is 23.6 Å². The normalized spacial score (nSPS) is 18.7. The van der Waals surface area contributed by atoms with E-state index in [4.69, 9.17) is 8.94 Å². The largest absolute Gasteiger partial charge is 0.444 e. The number of amides is 1. The summed E-state index contributed by atoms with van der Waals surface area (Å²) in [5.41, 5.74) is 2.63. The number of Topliss-reactive ketones (excluding diaryl/α,β-unsaturated/α-hetero) is 1. The number of aryl methyl sites for hydroxylation is 2. The van der Waals surface area contributed by atoms with E-state index in [1.54, 1.807) is 19.2 Å².